The quantitative estimate of drug-likeness (QED) is 0.579. The Balaban J connectivity index is 2.02. The summed E-state index contributed by atoms with van der Waals surface area (Å²) in [5, 5.41) is 18.2. The second-order valence-corrected chi connectivity index (χ2v) is 6.93. The lowest BCUT2D eigenvalue weighted by molar-refractivity contribution is -0.595. The Kier molecular flexibility index (Phi) is 6.14. The molecule has 2 heterocycles. The number of ether oxygens (including phenoxy) is 1. The summed E-state index contributed by atoms with van der Waals surface area (Å²) in [6, 6.07) is 3.88. The normalized spacial score (nSPS) is 19.2. The summed E-state index contributed by atoms with van der Waals surface area (Å²) in [5.74, 6) is -0.551. The lowest BCUT2D eigenvalue weighted by Gasteiger charge is -2.23. The minimum atomic E-state index is -0.277. The van der Waals surface area contributed by atoms with Crippen LogP contribution in [0.5, 0.6) is 0 Å². The van der Waals surface area contributed by atoms with Gasteiger partial charge in [0.15, 0.2) is 0 Å². The molecule has 0 saturated heterocycles. The zero-order valence-electron chi connectivity index (χ0n) is 16.8. The van der Waals surface area contributed by atoms with Gasteiger partial charge >= 0.3 is 5.97 Å². The van der Waals surface area contributed by atoms with Crippen LogP contribution < -0.4 is 0 Å². The van der Waals surface area contributed by atoms with Crippen LogP contribution >= 0.6 is 0 Å². The summed E-state index contributed by atoms with van der Waals surface area (Å²) in [6.45, 7) is 8.73. The Morgan fingerprint density at radius 3 is 2.79 bits per heavy atom. The van der Waals surface area contributed by atoms with Crippen LogP contribution in [0.4, 0.5) is 0 Å². The summed E-state index contributed by atoms with van der Waals surface area (Å²) in [6.07, 6.45) is 4.30. The van der Waals surface area contributed by atoms with E-state index in [0.717, 1.165) is 34.7 Å². The van der Waals surface area contributed by atoms with E-state index in [0.29, 0.717) is 12.3 Å². The van der Waals surface area contributed by atoms with Crippen LogP contribution in [0.1, 0.15) is 50.1 Å². The molecule has 1 N–H and O–H groups in total. The van der Waals surface area contributed by atoms with Gasteiger partial charge in [-0.2, -0.15) is 0 Å². The molecule has 0 radical (unpaired) electrons. The van der Waals surface area contributed by atoms with Gasteiger partial charge in [0.05, 0.1) is 30.4 Å². The number of likely N-dealkylation sites (N-methyl/N-ethyl adjacent to an activating group) is 1. The fourth-order valence-corrected chi connectivity index (χ4v) is 3.66. The van der Waals surface area contributed by atoms with Gasteiger partial charge in [-0.3, -0.25) is 9.78 Å². The molecule has 1 aromatic rings. The second kappa shape index (κ2) is 8.56. The predicted octanol–water partition coefficient (Wildman–Crippen LogP) is 3.03. The van der Waals surface area contributed by atoms with Crippen molar-refractivity contribution in [1.29, 1.82) is 0 Å². The summed E-state index contributed by atoms with van der Waals surface area (Å²) in [4.78, 5) is 17.0. The number of hydrogen-bond donors (Lipinski definition) is 1. The second-order valence-electron chi connectivity index (χ2n) is 6.93. The van der Waals surface area contributed by atoms with E-state index in [1.54, 1.807) is 6.92 Å². The molecule has 2 unspecified atom stereocenters. The van der Waals surface area contributed by atoms with Gasteiger partial charge in [-0.15, -0.1) is 4.70 Å². The van der Waals surface area contributed by atoms with Crippen molar-refractivity contribution in [2.45, 2.75) is 52.7 Å². The molecule has 0 amide bonds. The van der Waals surface area contributed by atoms with Crippen molar-refractivity contribution in [3.05, 3.63) is 52.4 Å². The number of pyridine rings is 1. The van der Waals surface area contributed by atoms with Gasteiger partial charge in [0.2, 0.25) is 11.8 Å². The highest BCUT2D eigenvalue weighted by Gasteiger charge is 2.38. The molecule has 3 rings (SSSR count). The van der Waals surface area contributed by atoms with E-state index in [9.17, 15) is 9.90 Å². The molecular weight excluding hydrogens is 356 g/mol. The van der Waals surface area contributed by atoms with Gasteiger partial charge in [0.25, 0.3) is 0 Å². The van der Waals surface area contributed by atoms with E-state index in [4.69, 9.17) is 4.74 Å². The number of hydrogen-bond acceptors (Lipinski definition) is 6. The lowest BCUT2D eigenvalue weighted by atomic mass is 9.82. The predicted molar refractivity (Wildman–Crippen MR) is 105 cm³/mol. The van der Waals surface area contributed by atoms with E-state index in [1.807, 2.05) is 43.7 Å². The van der Waals surface area contributed by atoms with Gasteiger partial charge in [0, 0.05) is 17.2 Å². The monoisotopic (exact) mass is 383 g/mol. The van der Waals surface area contributed by atoms with Crippen LogP contribution in [-0.2, 0) is 16.1 Å². The summed E-state index contributed by atoms with van der Waals surface area (Å²) >= 11 is 0. The molecule has 0 spiro atoms. The van der Waals surface area contributed by atoms with Gasteiger partial charge in [-0.25, -0.2) is 0 Å². The van der Waals surface area contributed by atoms with Crippen molar-refractivity contribution in [2.24, 2.45) is 10.3 Å². The fraction of sp³-hybridized carbons (Fsp3) is 0.476. The van der Waals surface area contributed by atoms with Crippen molar-refractivity contribution in [3.63, 3.8) is 0 Å². The molecule has 0 aromatic carbocycles. The van der Waals surface area contributed by atoms with Crippen molar-refractivity contribution in [3.8, 4) is 0 Å². The van der Waals surface area contributed by atoms with Gasteiger partial charge in [-0.05, 0) is 51.0 Å². The highest BCUT2D eigenvalue weighted by molar-refractivity contribution is 6.06. The Bertz CT molecular complexity index is 899. The zero-order chi connectivity index (χ0) is 20.3. The SMILES string of the molecule is CCOC(=O)CC(C1=C(C)C2=NN=[N+](CC)C2C=C1)c1ccc(C)c(CO)n1. The number of aliphatic hydroxyl groups excluding tert-OH is 1. The maximum atomic E-state index is 12.3. The molecule has 7 heteroatoms. The maximum absolute atomic E-state index is 12.3. The highest BCUT2D eigenvalue weighted by atomic mass is 16.5. The molecular formula is C21H27N4O3+. The smallest absolute Gasteiger partial charge is 0.306 e. The minimum absolute atomic E-state index is 0.0379. The fourth-order valence-electron chi connectivity index (χ4n) is 3.66. The third kappa shape index (κ3) is 3.80. The van der Waals surface area contributed by atoms with Crippen LogP contribution in [-0.4, -0.2) is 45.7 Å². The molecule has 2 aliphatic rings. The first kappa shape index (κ1) is 20.1. The average molecular weight is 383 g/mol. The minimum Gasteiger partial charge on any atom is -0.466 e. The topological polar surface area (TPSA) is 87.1 Å². The van der Waals surface area contributed by atoms with Gasteiger partial charge < -0.3 is 9.84 Å². The van der Waals surface area contributed by atoms with Crippen LogP contribution in [0.2, 0.25) is 0 Å². The first-order chi connectivity index (χ1) is 13.5. The van der Waals surface area contributed by atoms with Crippen LogP contribution in [0, 0.1) is 6.92 Å². The van der Waals surface area contributed by atoms with Crippen molar-refractivity contribution >= 4 is 11.7 Å². The summed E-state index contributed by atoms with van der Waals surface area (Å²) in [7, 11) is 0. The first-order valence-electron chi connectivity index (χ1n) is 9.67. The van der Waals surface area contributed by atoms with E-state index in [1.165, 1.54) is 0 Å². The van der Waals surface area contributed by atoms with Gasteiger partial charge in [0.1, 0.15) is 11.8 Å². The maximum Gasteiger partial charge on any atom is 0.306 e. The number of carbonyl (C=O) groups excluding carboxylic acids is 1. The molecule has 7 nitrogen and oxygen atoms in total. The standard InChI is InChI=1S/C21H27N4O3/c1-5-25-19-10-8-15(14(4)21(19)23-24-25)16(11-20(27)28-6-2)17-9-7-13(3)18(12-26)22-17/h7-10,16,19,26H,5-6,11-12H2,1-4H3/q+1. The van der Waals surface area contributed by atoms with Crippen LogP contribution in [0.25, 0.3) is 0 Å². The number of carbonyl (C=O) groups is 1. The number of nitrogens with zero attached hydrogens (tertiary/aromatic N) is 4. The molecule has 148 valence electrons. The largest absolute Gasteiger partial charge is 0.466 e. The Morgan fingerprint density at radius 1 is 1.32 bits per heavy atom. The van der Waals surface area contributed by atoms with E-state index >= 15 is 0 Å². The number of rotatable bonds is 7. The van der Waals surface area contributed by atoms with Gasteiger partial charge in [-0.1, -0.05) is 12.1 Å². The highest BCUT2D eigenvalue weighted by Crippen LogP contribution is 2.35. The summed E-state index contributed by atoms with van der Waals surface area (Å²) < 4.78 is 7.13. The molecule has 1 aromatic heterocycles. The third-order valence-corrected chi connectivity index (χ3v) is 5.25. The average Bonchev–Trinajstić information content (AvgIpc) is 3.11. The molecule has 0 saturated carbocycles. The van der Waals surface area contributed by atoms with E-state index in [-0.39, 0.29) is 31.0 Å². The number of allylic oxidation sites excluding steroid dienone is 2. The molecule has 0 bridgehead atoms. The van der Waals surface area contributed by atoms with E-state index in [2.05, 4.69) is 21.4 Å². The van der Waals surface area contributed by atoms with Crippen molar-refractivity contribution in [2.75, 3.05) is 13.2 Å². The van der Waals surface area contributed by atoms with Crippen molar-refractivity contribution in [1.82, 2.24) is 4.98 Å². The molecule has 28 heavy (non-hydrogen) atoms. The molecule has 0 fully saturated rings. The first-order valence-corrected chi connectivity index (χ1v) is 9.67. The number of aryl methyl sites for hydroxylation is 1. The Hall–Kier alpha value is -2.67. The van der Waals surface area contributed by atoms with Crippen LogP contribution in [0.15, 0.2) is 45.8 Å². The Morgan fingerprint density at radius 2 is 2.11 bits per heavy atom. The molecule has 2 atom stereocenters. The molecule has 1 aliphatic heterocycles. The van der Waals surface area contributed by atoms with E-state index < -0.39 is 0 Å². The number of esters is 1. The lowest BCUT2D eigenvalue weighted by Crippen LogP contribution is -2.31. The number of aliphatic hydroxyl groups is 1. The Labute approximate surface area is 165 Å². The third-order valence-electron chi connectivity index (χ3n) is 5.25. The number of fused-ring (bicyclic) bond motifs is 1. The van der Waals surface area contributed by atoms with Crippen molar-refractivity contribution < 1.29 is 19.3 Å². The van der Waals surface area contributed by atoms with Crippen LogP contribution in [0.3, 0.4) is 0 Å². The summed E-state index contributed by atoms with van der Waals surface area (Å²) in [5.41, 5.74) is 5.17. The number of aromatic nitrogens is 1. The molecule has 1 aliphatic carbocycles. The zero-order valence-corrected chi connectivity index (χ0v) is 16.8.